The van der Waals surface area contributed by atoms with Crippen LogP contribution >= 0.6 is 0 Å². The molecule has 0 fully saturated rings. The van der Waals surface area contributed by atoms with Crippen molar-refractivity contribution in [3.8, 4) is 17.2 Å². The third-order valence-electron chi connectivity index (χ3n) is 3.86. The maximum absolute atomic E-state index is 6.08. The van der Waals surface area contributed by atoms with Gasteiger partial charge in [0.25, 0.3) is 0 Å². The van der Waals surface area contributed by atoms with E-state index in [1.165, 1.54) is 5.56 Å². The summed E-state index contributed by atoms with van der Waals surface area (Å²) in [5.41, 5.74) is 2.36. The lowest BCUT2D eigenvalue weighted by molar-refractivity contribution is 0.216. The van der Waals surface area contributed by atoms with Gasteiger partial charge in [0.05, 0.1) is 14.2 Å². The van der Waals surface area contributed by atoms with Crippen LogP contribution in [0.1, 0.15) is 30.1 Å². The van der Waals surface area contributed by atoms with Gasteiger partial charge in [-0.05, 0) is 35.9 Å². The summed E-state index contributed by atoms with van der Waals surface area (Å²) in [6, 6.07) is 14.0. The van der Waals surface area contributed by atoms with E-state index in [4.69, 9.17) is 14.2 Å². The third kappa shape index (κ3) is 2.09. The summed E-state index contributed by atoms with van der Waals surface area (Å²) < 4.78 is 16.6. The maximum atomic E-state index is 6.08. The fourth-order valence-corrected chi connectivity index (χ4v) is 2.67. The molecule has 1 aliphatic heterocycles. The lowest BCUT2D eigenvalue weighted by Crippen LogP contribution is -2.07. The lowest BCUT2D eigenvalue weighted by Gasteiger charge is -2.16. The minimum atomic E-state index is 0.0445. The first kappa shape index (κ1) is 12.9. The Morgan fingerprint density at radius 3 is 2.20 bits per heavy atom. The number of methoxy groups -OCH3 is 2. The molecule has 2 atom stereocenters. The molecule has 0 aromatic heterocycles. The highest BCUT2D eigenvalue weighted by Gasteiger charge is 2.32. The molecule has 0 amide bonds. The van der Waals surface area contributed by atoms with E-state index in [9.17, 15) is 0 Å². The first-order valence-electron chi connectivity index (χ1n) is 6.71. The van der Waals surface area contributed by atoms with Crippen molar-refractivity contribution in [1.82, 2.24) is 0 Å². The molecular weight excluding hydrogens is 252 g/mol. The van der Waals surface area contributed by atoms with Gasteiger partial charge in [0.2, 0.25) is 0 Å². The zero-order chi connectivity index (χ0) is 14.1. The first-order chi connectivity index (χ1) is 9.72. The van der Waals surface area contributed by atoms with E-state index in [1.54, 1.807) is 14.2 Å². The van der Waals surface area contributed by atoms with Crippen LogP contribution in [0.2, 0.25) is 0 Å². The van der Waals surface area contributed by atoms with Gasteiger partial charge < -0.3 is 14.2 Å². The molecule has 0 bridgehead atoms. The van der Waals surface area contributed by atoms with Gasteiger partial charge >= 0.3 is 0 Å². The molecule has 20 heavy (non-hydrogen) atoms. The summed E-state index contributed by atoms with van der Waals surface area (Å²) in [6.07, 6.45) is 0.0445. The number of benzene rings is 2. The first-order valence-corrected chi connectivity index (χ1v) is 6.71. The Morgan fingerprint density at radius 1 is 0.900 bits per heavy atom. The van der Waals surface area contributed by atoms with Crippen LogP contribution in [0.3, 0.4) is 0 Å². The van der Waals surface area contributed by atoms with Crippen LogP contribution in [0.25, 0.3) is 0 Å². The number of rotatable bonds is 3. The van der Waals surface area contributed by atoms with Gasteiger partial charge in [0.1, 0.15) is 23.4 Å². The van der Waals surface area contributed by atoms with E-state index in [0.29, 0.717) is 5.92 Å². The Balaban J connectivity index is 1.90. The highest BCUT2D eigenvalue weighted by atomic mass is 16.5. The van der Waals surface area contributed by atoms with E-state index in [1.807, 2.05) is 24.3 Å². The van der Waals surface area contributed by atoms with Gasteiger partial charge in [-0.2, -0.15) is 0 Å². The summed E-state index contributed by atoms with van der Waals surface area (Å²) in [5.74, 6) is 2.97. The average molecular weight is 270 g/mol. The Labute approximate surface area is 119 Å². The van der Waals surface area contributed by atoms with E-state index < -0.39 is 0 Å². The van der Waals surface area contributed by atoms with Crippen molar-refractivity contribution in [2.24, 2.45) is 0 Å². The van der Waals surface area contributed by atoms with E-state index in [2.05, 4.69) is 25.1 Å². The second-order valence-electron chi connectivity index (χ2n) is 5.00. The van der Waals surface area contributed by atoms with Crippen LogP contribution in [0, 0.1) is 0 Å². The standard InChI is InChI=1S/C17H18O3/c1-11-15-10-14(19-3)8-9-16(15)20-17(11)12-4-6-13(18-2)7-5-12/h4-11,17H,1-3H3/t11-,17-/m0/s1. The molecule has 3 nitrogen and oxygen atoms in total. The molecule has 3 rings (SSSR count). The summed E-state index contributed by atoms with van der Waals surface area (Å²) in [7, 11) is 3.36. The van der Waals surface area contributed by atoms with Crippen LogP contribution in [-0.2, 0) is 0 Å². The Morgan fingerprint density at radius 2 is 1.55 bits per heavy atom. The summed E-state index contributed by atoms with van der Waals surface area (Å²) >= 11 is 0. The second-order valence-corrected chi connectivity index (χ2v) is 5.00. The van der Waals surface area contributed by atoms with Crippen LogP contribution in [-0.4, -0.2) is 14.2 Å². The Kier molecular flexibility index (Phi) is 3.26. The summed E-state index contributed by atoms with van der Waals surface area (Å²) in [5, 5.41) is 0. The fraction of sp³-hybridized carbons (Fsp3) is 0.294. The fourth-order valence-electron chi connectivity index (χ4n) is 2.67. The van der Waals surface area contributed by atoms with Crippen LogP contribution in [0.5, 0.6) is 17.2 Å². The molecule has 0 aliphatic carbocycles. The van der Waals surface area contributed by atoms with E-state index >= 15 is 0 Å². The largest absolute Gasteiger partial charge is 0.497 e. The predicted octanol–water partition coefficient (Wildman–Crippen LogP) is 3.94. The van der Waals surface area contributed by atoms with Crippen LogP contribution in [0.15, 0.2) is 42.5 Å². The maximum Gasteiger partial charge on any atom is 0.130 e. The molecule has 0 saturated carbocycles. The quantitative estimate of drug-likeness (QED) is 0.845. The van der Waals surface area contributed by atoms with Crippen molar-refractivity contribution in [3.05, 3.63) is 53.6 Å². The summed E-state index contributed by atoms with van der Waals surface area (Å²) in [4.78, 5) is 0. The highest BCUT2D eigenvalue weighted by Crippen LogP contribution is 2.46. The second kappa shape index (κ2) is 5.08. The molecule has 0 N–H and O–H groups in total. The van der Waals surface area contributed by atoms with Crippen molar-refractivity contribution in [2.45, 2.75) is 18.9 Å². The monoisotopic (exact) mass is 270 g/mol. The van der Waals surface area contributed by atoms with E-state index in [-0.39, 0.29) is 6.10 Å². The van der Waals surface area contributed by atoms with Crippen LogP contribution in [0.4, 0.5) is 0 Å². The zero-order valence-corrected chi connectivity index (χ0v) is 11.9. The van der Waals surface area contributed by atoms with Gasteiger partial charge in [-0.1, -0.05) is 19.1 Å². The Bertz CT molecular complexity index is 604. The average Bonchev–Trinajstić information content (AvgIpc) is 2.84. The zero-order valence-electron chi connectivity index (χ0n) is 11.9. The van der Waals surface area contributed by atoms with Gasteiger partial charge in [0.15, 0.2) is 0 Å². The molecule has 0 unspecified atom stereocenters. The topological polar surface area (TPSA) is 27.7 Å². The lowest BCUT2D eigenvalue weighted by atomic mass is 9.93. The highest BCUT2D eigenvalue weighted by molar-refractivity contribution is 5.47. The number of fused-ring (bicyclic) bond motifs is 1. The van der Waals surface area contributed by atoms with E-state index in [0.717, 1.165) is 22.8 Å². The van der Waals surface area contributed by atoms with Crippen molar-refractivity contribution in [1.29, 1.82) is 0 Å². The van der Waals surface area contributed by atoms with Gasteiger partial charge in [0, 0.05) is 11.5 Å². The molecule has 0 saturated heterocycles. The molecule has 1 aliphatic rings. The van der Waals surface area contributed by atoms with Gasteiger partial charge in [-0.3, -0.25) is 0 Å². The third-order valence-corrected chi connectivity index (χ3v) is 3.86. The van der Waals surface area contributed by atoms with Crippen LogP contribution < -0.4 is 14.2 Å². The smallest absolute Gasteiger partial charge is 0.130 e. The number of hydrogen-bond acceptors (Lipinski definition) is 3. The van der Waals surface area contributed by atoms with Gasteiger partial charge in [-0.15, -0.1) is 0 Å². The molecule has 0 radical (unpaired) electrons. The minimum absolute atomic E-state index is 0.0445. The van der Waals surface area contributed by atoms with Crippen molar-refractivity contribution in [3.63, 3.8) is 0 Å². The normalized spacial score (nSPS) is 20.1. The van der Waals surface area contributed by atoms with Gasteiger partial charge in [-0.25, -0.2) is 0 Å². The molecule has 0 spiro atoms. The van der Waals surface area contributed by atoms with Crippen molar-refractivity contribution >= 4 is 0 Å². The molecule has 2 aromatic rings. The van der Waals surface area contributed by atoms with Crippen molar-refractivity contribution in [2.75, 3.05) is 14.2 Å². The molecule has 104 valence electrons. The molecule has 3 heteroatoms. The summed E-state index contributed by atoms with van der Waals surface area (Å²) in [6.45, 7) is 2.18. The molecule has 1 heterocycles. The van der Waals surface area contributed by atoms with Crippen molar-refractivity contribution < 1.29 is 14.2 Å². The number of ether oxygens (including phenoxy) is 3. The minimum Gasteiger partial charge on any atom is -0.497 e. The molecule has 2 aromatic carbocycles. The SMILES string of the molecule is COc1ccc([C@H]2Oc3ccc(OC)cc3[C@@H]2C)cc1. The molecular formula is C17H18O3. The predicted molar refractivity (Wildman–Crippen MR) is 77.8 cm³/mol. The Hall–Kier alpha value is -2.16. The number of hydrogen-bond donors (Lipinski definition) is 0.